The summed E-state index contributed by atoms with van der Waals surface area (Å²) in [4.78, 5) is 0. The van der Waals surface area contributed by atoms with Crippen molar-refractivity contribution in [2.45, 2.75) is 18.0 Å². The van der Waals surface area contributed by atoms with E-state index < -0.39 is 29.2 Å². The molecule has 0 bridgehead atoms. The number of hydrogen-bond donors (Lipinski definition) is 2. The van der Waals surface area contributed by atoms with Crippen molar-refractivity contribution < 1.29 is 31.4 Å². The fourth-order valence-electron chi connectivity index (χ4n) is 1.26. The van der Waals surface area contributed by atoms with Crippen LogP contribution in [0.25, 0.3) is 0 Å². The second-order valence-corrected chi connectivity index (χ2v) is 3.85. The topological polar surface area (TPSA) is 46.2 Å². The lowest BCUT2D eigenvalue weighted by atomic mass is 9.92. The van der Waals surface area contributed by atoms with Crippen molar-refractivity contribution in [3.05, 3.63) is 28.8 Å². The Morgan fingerprint density at radius 3 is 1.78 bits per heavy atom. The average Bonchev–Trinajstić information content (AvgIpc) is 2.17. The van der Waals surface area contributed by atoms with Crippen molar-refractivity contribution in [2.24, 2.45) is 0 Å². The van der Waals surface area contributed by atoms with Gasteiger partial charge in [-0.05, 0) is 12.1 Å². The van der Waals surface area contributed by atoms with E-state index in [2.05, 4.69) is 0 Å². The molecule has 1 aromatic rings. The molecule has 9 heteroatoms. The van der Waals surface area contributed by atoms with E-state index in [0.717, 1.165) is 6.07 Å². The Balaban J connectivity index is 3.51. The van der Waals surface area contributed by atoms with E-state index in [9.17, 15) is 26.3 Å². The van der Waals surface area contributed by atoms with E-state index in [0.29, 0.717) is 12.1 Å². The SMILES string of the molecule is Nc1cc(C(O)(C(F)(F)F)C(F)(F)F)ccc1Cl. The summed E-state index contributed by atoms with van der Waals surface area (Å²) in [5.41, 5.74) is -1.80. The van der Waals surface area contributed by atoms with Crippen LogP contribution in [0.1, 0.15) is 5.56 Å². The van der Waals surface area contributed by atoms with Crippen LogP contribution in [0.15, 0.2) is 18.2 Å². The first-order valence-corrected chi connectivity index (χ1v) is 4.70. The summed E-state index contributed by atoms with van der Waals surface area (Å²) in [5, 5.41) is 8.81. The van der Waals surface area contributed by atoms with Crippen LogP contribution in [0.5, 0.6) is 0 Å². The van der Waals surface area contributed by atoms with Crippen LogP contribution in [0.4, 0.5) is 32.0 Å². The van der Waals surface area contributed by atoms with Gasteiger partial charge in [0.1, 0.15) is 0 Å². The maximum Gasteiger partial charge on any atom is 0.430 e. The molecule has 0 unspecified atom stereocenters. The average molecular weight is 294 g/mol. The minimum Gasteiger partial charge on any atom is -0.398 e. The van der Waals surface area contributed by atoms with E-state index in [1.165, 1.54) is 0 Å². The number of aliphatic hydroxyl groups is 1. The van der Waals surface area contributed by atoms with Gasteiger partial charge in [0.2, 0.25) is 0 Å². The van der Waals surface area contributed by atoms with Gasteiger partial charge in [-0.2, -0.15) is 26.3 Å². The lowest BCUT2D eigenvalue weighted by Gasteiger charge is -2.32. The first kappa shape index (κ1) is 14.9. The highest BCUT2D eigenvalue weighted by molar-refractivity contribution is 6.33. The molecule has 0 aromatic heterocycles. The van der Waals surface area contributed by atoms with Crippen LogP contribution in [0, 0.1) is 0 Å². The van der Waals surface area contributed by atoms with Crippen LogP contribution in [-0.4, -0.2) is 17.5 Å². The molecular formula is C9H6ClF6NO. The number of nitrogens with two attached hydrogens (primary N) is 1. The predicted molar refractivity (Wildman–Crippen MR) is 51.9 cm³/mol. The van der Waals surface area contributed by atoms with Crippen molar-refractivity contribution in [1.82, 2.24) is 0 Å². The van der Waals surface area contributed by atoms with Crippen molar-refractivity contribution in [1.29, 1.82) is 0 Å². The van der Waals surface area contributed by atoms with Crippen molar-refractivity contribution in [2.75, 3.05) is 5.73 Å². The number of benzene rings is 1. The lowest BCUT2D eigenvalue weighted by Crippen LogP contribution is -2.53. The Morgan fingerprint density at radius 1 is 1.00 bits per heavy atom. The molecule has 1 rings (SSSR count). The van der Waals surface area contributed by atoms with Crippen LogP contribution in [0.2, 0.25) is 5.02 Å². The Labute approximate surface area is 102 Å². The van der Waals surface area contributed by atoms with Crippen LogP contribution >= 0.6 is 11.6 Å². The van der Waals surface area contributed by atoms with Crippen molar-refractivity contribution in [3.8, 4) is 0 Å². The Hall–Kier alpha value is -1.15. The van der Waals surface area contributed by atoms with E-state index in [4.69, 9.17) is 22.4 Å². The molecule has 0 radical (unpaired) electrons. The van der Waals surface area contributed by atoms with E-state index in [1.807, 2.05) is 0 Å². The third kappa shape index (κ3) is 2.22. The lowest BCUT2D eigenvalue weighted by molar-refractivity contribution is -0.376. The van der Waals surface area contributed by atoms with Gasteiger partial charge in [-0.3, -0.25) is 0 Å². The number of alkyl halides is 6. The third-order valence-corrected chi connectivity index (χ3v) is 2.58. The zero-order chi connectivity index (χ0) is 14.4. The number of rotatable bonds is 1. The summed E-state index contributed by atoms with van der Waals surface area (Å²) >= 11 is 5.39. The molecule has 0 spiro atoms. The molecule has 0 saturated heterocycles. The zero-order valence-electron chi connectivity index (χ0n) is 8.40. The first-order valence-electron chi connectivity index (χ1n) is 4.32. The van der Waals surface area contributed by atoms with Crippen LogP contribution < -0.4 is 5.73 Å². The molecule has 0 saturated carbocycles. The molecule has 1 aromatic carbocycles. The second-order valence-electron chi connectivity index (χ2n) is 3.44. The summed E-state index contributed by atoms with van der Waals surface area (Å²) in [6, 6.07) is 1.50. The van der Waals surface area contributed by atoms with E-state index in [-0.39, 0.29) is 5.02 Å². The van der Waals surface area contributed by atoms with Gasteiger partial charge in [0.05, 0.1) is 10.7 Å². The van der Waals surface area contributed by atoms with Gasteiger partial charge in [-0.25, -0.2) is 0 Å². The van der Waals surface area contributed by atoms with Gasteiger partial charge in [0.25, 0.3) is 5.60 Å². The quantitative estimate of drug-likeness (QED) is 0.617. The number of halogens is 7. The Morgan fingerprint density at radius 2 is 1.44 bits per heavy atom. The molecule has 0 heterocycles. The highest BCUT2D eigenvalue weighted by Crippen LogP contribution is 2.50. The van der Waals surface area contributed by atoms with Crippen molar-refractivity contribution in [3.63, 3.8) is 0 Å². The number of anilines is 1. The smallest absolute Gasteiger partial charge is 0.398 e. The fourth-order valence-corrected chi connectivity index (χ4v) is 1.37. The number of hydrogen-bond acceptors (Lipinski definition) is 2. The zero-order valence-corrected chi connectivity index (χ0v) is 9.16. The van der Waals surface area contributed by atoms with Gasteiger partial charge in [-0.15, -0.1) is 0 Å². The molecule has 2 nitrogen and oxygen atoms in total. The Bertz CT molecular complexity index is 441. The second kappa shape index (κ2) is 4.20. The summed E-state index contributed by atoms with van der Waals surface area (Å²) in [7, 11) is 0. The Kier molecular flexibility index (Phi) is 3.48. The maximum absolute atomic E-state index is 12.5. The molecule has 3 N–H and O–H groups in total. The summed E-state index contributed by atoms with van der Waals surface area (Å²) in [6.07, 6.45) is -11.9. The summed E-state index contributed by atoms with van der Waals surface area (Å²) < 4.78 is 74.8. The van der Waals surface area contributed by atoms with Crippen LogP contribution in [0.3, 0.4) is 0 Å². The van der Waals surface area contributed by atoms with Gasteiger partial charge >= 0.3 is 12.4 Å². The highest BCUT2D eigenvalue weighted by Gasteiger charge is 2.71. The molecule has 0 amide bonds. The fraction of sp³-hybridized carbons (Fsp3) is 0.333. The first-order chi connectivity index (χ1) is 7.91. The minimum atomic E-state index is -5.94. The molecule has 0 aliphatic heterocycles. The molecule has 0 aliphatic carbocycles. The molecule has 102 valence electrons. The molecule has 0 aliphatic rings. The van der Waals surface area contributed by atoms with Crippen LogP contribution in [-0.2, 0) is 5.60 Å². The van der Waals surface area contributed by atoms with Gasteiger partial charge in [0, 0.05) is 5.56 Å². The molecular weight excluding hydrogens is 288 g/mol. The van der Waals surface area contributed by atoms with Gasteiger partial charge < -0.3 is 10.8 Å². The van der Waals surface area contributed by atoms with E-state index in [1.54, 1.807) is 0 Å². The van der Waals surface area contributed by atoms with E-state index >= 15 is 0 Å². The third-order valence-electron chi connectivity index (χ3n) is 2.23. The standard InChI is InChI=1S/C9H6ClF6NO/c10-5-2-1-4(3-6(5)17)7(18,8(11,12)13)9(14,15)16/h1-3,18H,17H2. The maximum atomic E-state index is 12.5. The van der Waals surface area contributed by atoms with Crippen molar-refractivity contribution >= 4 is 17.3 Å². The molecule has 0 atom stereocenters. The molecule has 0 fully saturated rings. The minimum absolute atomic E-state index is 0.217. The largest absolute Gasteiger partial charge is 0.430 e. The van der Waals surface area contributed by atoms with Gasteiger partial charge in [-0.1, -0.05) is 17.7 Å². The predicted octanol–water partition coefficient (Wildman–Crippen LogP) is 3.23. The number of nitrogen functional groups attached to an aromatic ring is 1. The normalized spacial score (nSPS) is 13.8. The summed E-state index contributed by atoms with van der Waals surface area (Å²) in [5.74, 6) is 0. The monoisotopic (exact) mass is 293 g/mol. The highest BCUT2D eigenvalue weighted by atomic mass is 35.5. The summed E-state index contributed by atoms with van der Waals surface area (Å²) in [6.45, 7) is 0. The van der Waals surface area contributed by atoms with Gasteiger partial charge in [0.15, 0.2) is 0 Å². The molecule has 18 heavy (non-hydrogen) atoms.